The molecule has 0 radical (unpaired) electrons. The number of aromatic nitrogens is 2. The predicted octanol–water partition coefficient (Wildman–Crippen LogP) is 2.97. The molecule has 2 aromatic heterocycles. The first-order valence-corrected chi connectivity index (χ1v) is 10.8. The van der Waals surface area contributed by atoms with Crippen LogP contribution in [-0.4, -0.2) is 25.7 Å². The standard InChI is InChI=1S/C22H17FN2O5.C2H6/c1-8-9-2-3-16(26)18-11-6-25-15(19(11)24-14(17(9)18)5-13(8)23)4-10-12(21(25)28)7-30-22(29)20(10)27;1-2/h4-5,16,20,26-27H,2-3,6-7H2,1H3;1-2H3. The van der Waals surface area contributed by atoms with E-state index in [1.54, 1.807) is 13.0 Å². The normalized spacial score (nSPS) is 20.1. The molecule has 3 aromatic rings. The van der Waals surface area contributed by atoms with E-state index in [0.717, 1.165) is 16.5 Å². The maximum atomic E-state index is 14.5. The van der Waals surface area contributed by atoms with Crippen molar-refractivity contribution in [1.82, 2.24) is 9.55 Å². The number of rotatable bonds is 0. The molecule has 7 nitrogen and oxygen atoms in total. The number of fused-ring (bicyclic) bond motifs is 5. The van der Waals surface area contributed by atoms with E-state index in [1.807, 2.05) is 13.8 Å². The monoisotopic (exact) mass is 438 g/mol. The molecule has 0 spiro atoms. The number of cyclic esters (lactones) is 1. The van der Waals surface area contributed by atoms with E-state index in [9.17, 15) is 24.2 Å². The average molecular weight is 438 g/mol. The Bertz CT molecular complexity index is 1380. The van der Waals surface area contributed by atoms with Gasteiger partial charge in [-0.1, -0.05) is 13.8 Å². The number of benzene rings is 1. The van der Waals surface area contributed by atoms with Crippen LogP contribution in [0.4, 0.5) is 4.39 Å². The van der Waals surface area contributed by atoms with Crippen molar-refractivity contribution in [1.29, 1.82) is 0 Å². The van der Waals surface area contributed by atoms with Gasteiger partial charge >= 0.3 is 5.97 Å². The first-order valence-electron chi connectivity index (χ1n) is 10.8. The number of aliphatic hydroxyl groups is 2. The minimum Gasteiger partial charge on any atom is -0.458 e. The second kappa shape index (κ2) is 7.21. The minimum atomic E-state index is -1.53. The summed E-state index contributed by atoms with van der Waals surface area (Å²) < 4.78 is 21.0. The smallest absolute Gasteiger partial charge is 0.340 e. The number of pyridine rings is 2. The van der Waals surface area contributed by atoms with Gasteiger partial charge in [0.2, 0.25) is 0 Å². The number of esters is 1. The van der Waals surface area contributed by atoms with Crippen molar-refractivity contribution in [3.05, 3.63) is 61.7 Å². The van der Waals surface area contributed by atoms with Crippen LogP contribution in [0.1, 0.15) is 65.9 Å². The number of halogens is 1. The van der Waals surface area contributed by atoms with Gasteiger partial charge in [-0.3, -0.25) is 4.79 Å². The Morgan fingerprint density at radius 2 is 1.91 bits per heavy atom. The molecule has 32 heavy (non-hydrogen) atoms. The number of carbonyl (C=O) groups is 1. The lowest BCUT2D eigenvalue weighted by molar-refractivity contribution is -0.157. The lowest BCUT2D eigenvalue weighted by Gasteiger charge is -2.25. The maximum absolute atomic E-state index is 14.5. The number of ether oxygens (including phenoxy) is 1. The second-order valence-corrected chi connectivity index (χ2v) is 8.13. The zero-order valence-electron chi connectivity index (χ0n) is 18.0. The number of aryl methyl sites for hydroxylation is 1. The third-order valence-electron chi connectivity index (χ3n) is 6.62. The van der Waals surface area contributed by atoms with Crippen molar-refractivity contribution >= 4 is 16.9 Å². The van der Waals surface area contributed by atoms with Crippen LogP contribution in [0.25, 0.3) is 22.3 Å². The summed E-state index contributed by atoms with van der Waals surface area (Å²) in [5, 5.41) is 21.8. The van der Waals surface area contributed by atoms with E-state index < -0.39 is 18.2 Å². The Hall–Kier alpha value is -3.10. The fourth-order valence-corrected chi connectivity index (χ4v) is 5.08. The molecule has 2 atom stereocenters. The highest BCUT2D eigenvalue weighted by atomic mass is 19.1. The SMILES string of the molecule is CC.Cc1c(F)cc2nc3c(c4c2c1CCC4O)Cn1c-3cc2c(c1=O)COC(=O)C2O. The van der Waals surface area contributed by atoms with Crippen molar-refractivity contribution in [2.24, 2.45) is 0 Å². The van der Waals surface area contributed by atoms with E-state index in [0.29, 0.717) is 40.9 Å². The van der Waals surface area contributed by atoms with E-state index in [-0.39, 0.29) is 35.7 Å². The van der Waals surface area contributed by atoms with Gasteiger partial charge in [-0.2, -0.15) is 0 Å². The molecule has 1 aromatic carbocycles. The second-order valence-electron chi connectivity index (χ2n) is 8.13. The average Bonchev–Trinajstić information content (AvgIpc) is 3.16. The molecule has 0 amide bonds. The maximum Gasteiger partial charge on any atom is 0.340 e. The molecule has 3 aliphatic rings. The zero-order valence-corrected chi connectivity index (χ0v) is 18.0. The molecule has 0 fully saturated rings. The van der Waals surface area contributed by atoms with Gasteiger partial charge in [0.15, 0.2) is 6.10 Å². The van der Waals surface area contributed by atoms with Gasteiger partial charge in [0, 0.05) is 22.6 Å². The van der Waals surface area contributed by atoms with Crippen LogP contribution in [0.3, 0.4) is 0 Å². The summed E-state index contributed by atoms with van der Waals surface area (Å²) in [6, 6.07) is 2.95. The highest BCUT2D eigenvalue weighted by molar-refractivity contribution is 5.93. The van der Waals surface area contributed by atoms with Crippen molar-refractivity contribution in [2.45, 2.75) is 59.0 Å². The van der Waals surface area contributed by atoms with E-state index in [4.69, 9.17) is 4.74 Å². The largest absolute Gasteiger partial charge is 0.458 e. The fourth-order valence-electron chi connectivity index (χ4n) is 5.08. The minimum absolute atomic E-state index is 0.194. The lowest BCUT2D eigenvalue weighted by atomic mass is 9.83. The zero-order chi connectivity index (χ0) is 22.9. The van der Waals surface area contributed by atoms with Gasteiger partial charge in [-0.25, -0.2) is 14.2 Å². The summed E-state index contributed by atoms with van der Waals surface area (Å²) in [5.74, 6) is -1.16. The van der Waals surface area contributed by atoms with E-state index in [2.05, 4.69) is 4.98 Å². The lowest BCUT2D eigenvalue weighted by Crippen LogP contribution is -2.32. The molecule has 4 heterocycles. The summed E-state index contributed by atoms with van der Waals surface area (Å²) in [6.45, 7) is 5.75. The quantitative estimate of drug-likeness (QED) is 0.410. The topological polar surface area (TPSA) is 102 Å². The summed E-state index contributed by atoms with van der Waals surface area (Å²) in [7, 11) is 0. The first kappa shape index (κ1) is 20.8. The van der Waals surface area contributed by atoms with E-state index >= 15 is 0 Å². The molecule has 0 saturated carbocycles. The van der Waals surface area contributed by atoms with Crippen LogP contribution in [0.2, 0.25) is 0 Å². The highest BCUT2D eigenvalue weighted by Gasteiger charge is 2.36. The van der Waals surface area contributed by atoms with E-state index in [1.165, 1.54) is 10.6 Å². The summed E-state index contributed by atoms with van der Waals surface area (Å²) in [4.78, 5) is 29.5. The van der Waals surface area contributed by atoms with Crippen LogP contribution < -0.4 is 5.56 Å². The first-order chi connectivity index (χ1) is 15.4. The van der Waals surface area contributed by atoms with Gasteiger partial charge in [0.25, 0.3) is 5.56 Å². The molecule has 2 aliphatic heterocycles. The molecular formula is C24H23FN2O5. The van der Waals surface area contributed by atoms with Gasteiger partial charge in [-0.05, 0) is 42.5 Å². The van der Waals surface area contributed by atoms with Crippen LogP contribution >= 0.6 is 0 Å². The third kappa shape index (κ3) is 2.63. The number of aliphatic hydroxyl groups excluding tert-OH is 2. The molecule has 2 unspecified atom stereocenters. The van der Waals surface area contributed by atoms with Crippen LogP contribution in [-0.2, 0) is 29.1 Å². The van der Waals surface area contributed by atoms with Crippen molar-refractivity contribution in [3.63, 3.8) is 0 Å². The Labute approximate surface area is 183 Å². The Morgan fingerprint density at radius 1 is 1.16 bits per heavy atom. The molecular weight excluding hydrogens is 415 g/mol. The van der Waals surface area contributed by atoms with Gasteiger partial charge < -0.3 is 19.5 Å². The van der Waals surface area contributed by atoms with Gasteiger partial charge in [0.05, 0.1) is 35.1 Å². The molecule has 0 saturated heterocycles. The number of hydrogen-bond donors (Lipinski definition) is 2. The number of nitrogens with zero attached hydrogens (tertiary/aromatic N) is 2. The molecule has 166 valence electrons. The molecule has 2 N–H and O–H groups in total. The van der Waals surface area contributed by atoms with Crippen molar-refractivity contribution in [2.75, 3.05) is 0 Å². The molecule has 0 bridgehead atoms. The molecule has 8 heteroatoms. The summed E-state index contributed by atoms with van der Waals surface area (Å²) in [5.41, 5.74) is 4.24. The highest BCUT2D eigenvalue weighted by Crippen LogP contribution is 2.45. The number of hydrogen-bond acceptors (Lipinski definition) is 6. The van der Waals surface area contributed by atoms with Crippen molar-refractivity contribution in [3.8, 4) is 11.4 Å². The fraction of sp³-hybridized carbons (Fsp3) is 0.375. The predicted molar refractivity (Wildman–Crippen MR) is 115 cm³/mol. The van der Waals surface area contributed by atoms with Gasteiger partial charge in [0.1, 0.15) is 12.4 Å². The van der Waals surface area contributed by atoms with Crippen LogP contribution in [0.15, 0.2) is 16.9 Å². The Balaban J connectivity index is 0.00000105. The van der Waals surface area contributed by atoms with Crippen LogP contribution in [0.5, 0.6) is 0 Å². The molecule has 6 rings (SSSR count). The summed E-state index contributed by atoms with van der Waals surface area (Å²) >= 11 is 0. The van der Waals surface area contributed by atoms with Crippen LogP contribution in [0, 0.1) is 12.7 Å². The summed E-state index contributed by atoms with van der Waals surface area (Å²) in [6.07, 6.45) is -1.25. The Kier molecular flexibility index (Phi) is 4.69. The third-order valence-corrected chi connectivity index (χ3v) is 6.62. The molecule has 1 aliphatic carbocycles. The van der Waals surface area contributed by atoms with Crippen molar-refractivity contribution < 1.29 is 24.1 Å². The van der Waals surface area contributed by atoms with Gasteiger partial charge in [-0.15, -0.1) is 0 Å². The Morgan fingerprint density at radius 3 is 2.66 bits per heavy atom. The number of carbonyl (C=O) groups excluding carboxylic acids is 1.